The minimum atomic E-state index is 0.949. The molecule has 0 aliphatic carbocycles. The number of rotatable bonds is 5. The highest BCUT2D eigenvalue weighted by molar-refractivity contribution is 9.10. The fourth-order valence-corrected chi connectivity index (χ4v) is 2.75. The van der Waals surface area contributed by atoms with Crippen molar-refractivity contribution in [2.45, 2.75) is 25.2 Å². The molecule has 0 fully saturated rings. The van der Waals surface area contributed by atoms with Gasteiger partial charge in [-0.25, -0.2) is 0 Å². The van der Waals surface area contributed by atoms with Gasteiger partial charge in [-0.2, -0.15) is 0 Å². The van der Waals surface area contributed by atoms with Gasteiger partial charge in [-0.15, -0.1) is 11.8 Å². The van der Waals surface area contributed by atoms with Gasteiger partial charge < -0.3 is 4.74 Å². The first-order valence-electron chi connectivity index (χ1n) is 5.23. The van der Waals surface area contributed by atoms with E-state index in [0.717, 1.165) is 22.4 Å². The van der Waals surface area contributed by atoms with Gasteiger partial charge in [0.25, 0.3) is 0 Å². The second-order valence-corrected chi connectivity index (χ2v) is 5.77. The van der Waals surface area contributed by atoms with Crippen LogP contribution in [0.15, 0.2) is 39.2 Å². The molecule has 0 amide bonds. The molecule has 16 heavy (non-hydrogen) atoms. The number of hydrogen-bond acceptors (Lipinski definition) is 2. The molecule has 1 aromatic carbocycles. The van der Waals surface area contributed by atoms with E-state index in [1.807, 2.05) is 23.9 Å². The summed E-state index contributed by atoms with van der Waals surface area (Å²) in [5, 5.41) is 0. The summed E-state index contributed by atoms with van der Waals surface area (Å²) in [5.41, 5.74) is 1.38. The van der Waals surface area contributed by atoms with Crippen molar-refractivity contribution in [3.05, 3.63) is 34.3 Å². The number of halogens is 1. The lowest BCUT2D eigenvalue weighted by atomic mass is 10.3. The van der Waals surface area contributed by atoms with Gasteiger partial charge in [0.05, 0.1) is 12.0 Å². The van der Waals surface area contributed by atoms with Crippen molar-refractivity contribution in [1.82, 2.24) is 0 Å². The Balaban J connectivity index is 2.58. The standard InChI is InChI=1S/C13H17BrOS/c1-10(2)5-4-8-16-13-9-11(14)6-7-12(13)15-3/h5-7,9H,4,8H2,1-3H3. The molecule has 0 heterocycles. The average Bonchev–Trinajstić information content (AvgIpc) is 2.24. The first kappa shape index (κ1) is 13.7. The Morgan fingerprint density at radius 3 is 2.81 bits per heavy atom. The quantitative estimate of drug-likeness (QED) is 0.434. The van der Waals surface area contributed by atoms with Crippen molar-refractivity contribution in [3.8, 4) is 5.75 Å². The molecule has 1 aromatic rings. The molecule has 1 nitrogen and oxygen atoms in total. The molecule has 0 saturated carbocycles. The van der Waals surface area contributed by atoms with E-state index >= 15 is 0 Å². The maximum atomic E-state index is 5.32. The Labute approximate surface area is 110 Å². The highest BCUT2D eigenvalue weighted by atomic mass is 79.9. The summed E-state index contributed by atoms with van der Waals surface area (Å²) >= 11 is 5.31. The van der Waals surface area contributed by atoms with Crippen LogP contribution in [0.25, 0.3) is 0 Å². The maximum Gasteiger partial charge on any atom is 0.132 e. The van der Waals surface area contributed by atoms with Crippen LogP contribution in [-0.2, 0) is 0 Å². The summed E-state index contributed by atoms with van der Waals surface area (Å²) in [5.74, 6) is 2.03. The van der Waals surface area contributed by atoms with Crippen LogP contribution in [0.5, 0.6) is 5.75 Å². The smallest absolute Gasteiger partial charge is 0.132 e. The van der Waals surface area contributed by atoms with Gasteiger partial charge in [-0.1, -0.05) is 27.6 Å². The van der Waals surface area contributed by atoms with Crippen LogP contribution in [0.1, 0.15) is 20.3 Å². The molecular formula is C13H17BrOS. The number of methoxy groups -OCH3 is 1. The van der Waals surface area contributed by atoms with Crippen LogP contribution in [0.4, 0.5) is 0 Å². The Kier molecular flexibility index (Phi) is 5.99. The first-order chi connectivity index (χ1) is 7.63. The Bertz CT molecular complexity index is 370. The molecule has 0 spiro atoms. The molecule has 0 atom stereocenters. The molecule has 0 N–H and O–H groups in total. The molecule has 0 aliphatic heterocycles. The van der Waals surface area contributed by atoms with Crippen LogP contribution in [-0.4, -0.2) is 12.9 Å². The largest absolute Gasteiger partial charge is 0.496 e. The molecule has 0 saturated heterocycles. The Morgan fingerprint density at radius 1 is 1.44 bits per heavy atom. The van der Waals surface area contributed by atoms with E-state index < -0.39 is 0 Å². The van der Waals surface area contributed by atoms with Crippen LogP contribution in [0.2, 0.25) is 0 Å². The van der Waals surface area contributed by atoms with E-state index in [-0.39, 0.29) is 0 Å². The maximum absolute atomic E-state index is 5.32. The minimum Gasteiger partial charge on any atom is -0.496 e. The summed E-state index contributed by atoms with van der Waals surface area (Å²) in [7, 11) is 1.71. The topological polar surface area (TPSA) is 9.23 Å². The lowest BCUT2D eigenvalue weighted by Gasteiger charge is -2.07. The summed E-state index contributed by atoms with van der Waals surface area (Å²) in [6.07, 6.45) is 3.36. The third-order valence-electron chi connectivity index (χ3n) is 2.05. The number of allylic oxidation sites excluding steroid dienone is 2. The summed E-state index contributed by atoms with van der Waals surface area (Å²) in [6.45, 7) is 4.26. The van der Waals surface area contributed by atoms with E-state index in [9.17, 15) is 0 Å². The predicted octanol–water partition coefficient (Wildman–Crippen LogP) is 4.91. The number of thioether (sulfide) groups is 1. The van der Waals surface area contributed by atoms with Crippen LogP contribution in [0.3, 0.4) is 0 Å². The van der Waals surface area contributed by atoms with Crippen molar-refractivity contribution >= 4 is 27.7 Å². The normalized spacial score (nSPS) is 10.0. The lowest BCUT2D eigenvalue weighted by molar-refractivity contribution is 0.404. The molecule has 88 valence electrons. The monoisotopic (exact) mass is 300 g/mol. The lowest BCUT2D eigenvalue weighted by Crippen LogP contribution is -1.87. The Morgan fingerprint density at radius 2 is 2.19 bits per heavy atom. The van der Waals surface area contributed by atoms with Crippen LogP contribution < -0.4 is 4.74 Å². The summed E-state index contributed by atoms with van der Waals surface area (Å²) < 4.78 is 6.42. The van der Waals surface area contributed by atoms with Crippen molar-refractivity contribution in [2.75, 3.05) is 12.9 Å². The van der Waals surface area contributed by atoms with Gasteiger partial charge >= 0.3 is 0 Å². The van der Waals surface area contributed by atoms with E-state index in [0.29, 0.717) is 0 Å². The molecule has 0 aromatic heterocycles. The van der Waals surface area contributed by atoms with Crippen molar-refractivity contribution in [3.63, 3.8) is 0 Å². The van der Waals surface area contributed by atoms with E-state index in [4.69, 9.17) is 4.74 Å². The van der Waals surface area contributed by atoms with Crippen LogP contribution in [0, 0.1) is 0 Å². The fourth-order valence-electron chi connectivity index (χ4n) is 1.28. The van der Waals surface area contributed by atoms with E-state index in [1.165, 1.54) is 10.5 Å². The van der Waals surface area contributed by atoms with Gasteiger partial charge in [0.2, 0.25) is 0 Å². The van der Waals surface area contributed by atoms with Gasteiger partial charge in [0.1, 0.15) is 5.75 Å². The second kappa shape index (κ2) is 7.02. The zero-order valence-corrected chi connectivity index (χ0v) is 12.3. The molecule has 3 heteroatoms. The predicted molar refractivity (Wildman–Crippen MR) is 75.5 cm³/mol. The van der Waals surface area contributed by atoms with Gasteiger partial charge in [0, 0.05) is 10.2 Å². The highest BCUT2D eigenvalue weighted by Gasteiger charge is 2.03. The average molecular weight is 301 g/mol. The van der Waals surface area contributed by atoms with E-state index in [1.54, 1.807) is 7.11 Å². The van der Waals surface area contributed by atoms with E-state index in [2.05, 4.69) is 41.9 Å². The van der Waals surface area contributed by atoms with Gasteiger partial charge in [0.15, 0.2) is 0 Å². The van der Waals surface area contributed by atoms with Crippen molar-refractivity contribution in [1.29, 1.82) is 0 Å². The Hall–Kier alpha value is -0.410. The molecule has 0 aliphatic rings. The third kappa shape index (κ3) is 4.62. The van der Waals surface area contributed by atoms with Crippen molar-refractivity contribution < 1.29 is 4.74 Å². The minimum absolute atomic E-state index is 0.949. The molecule has 0 radical (unpaired) electrons. The zero-order valence-electron chi connectivity index (χ0n) is 9.92. The summed E-state index contributed by atoms with van der Waals surface area (Å²) in [6, 6.07) is 6.10. The van der Waals surface area contributed by atoms with Crippen LogP contribution >= 0.6 is 27.7 Å². The molecular weight excluding hydrogens is 284 g/mol. The first-order valence-corrected chi connectivity index (χ1v) is 7.01. The highest BCUT2D eigenvalue weighted by Crippen LogP contribution is 2.32. The van der Waals surface area contributed by atoms with Gasteiger partial charge in [-0.3, -0.25) is 0 Å². The molecule has 0 bridgehead atoms. The van der Waals surface area contributed by atoms with Gasteiger partial charge in [-0.05, 0) is 38.5 Å². The number of ether oxygens (including phenoxy) is 1. The molecule has 0 unspecified atom stereocenters. The number of benzene rings is 1. The summed E-state index contributed by atoms with van der Waals surface area (Å²) in [4.78, 5) is 1.19. The second-order valence-electron chi connectivity index (χ2n) is 3.71. The molecule has 1 rings (SSSR count). The third-order valence-corrected chi connectivity index (χ3v) is 3.62. The fraction of sp³-hybridized carbons (Fsp3) is 0.385. The number of hydrogen-bond donors (Lipinski definition) is 0. The van der Waals surface area contributed by atoms with Crippen molar-refractivity contribution in [2.24, 2.45) is 0 Å². The zero-order chi connectivity index (χ0) is 12.0. The SMILES string of the molecule is COc1ccc(Br)cc1SCCC=C(C)C.